The third-order valence-electron chi connectivity index (χ3n) is 4.72. The minimum absolute atomic E-state index is 0.0643. The number of carbonyl (C=O) groups is 1. The SMILES string of the molecule is Cc1nc2c(C)cc(-c3ccc(C(=O)NC[C@@H]4CCCO4)cc3)cn2n1. The van der Waals surface area contributed by atoms with Gasteiger partial charge < -0.3 is 10.1 Å². The molecule has 1 atom stereocenters. The number of aryl methyl sites for hydroxylation is 2. The lowest BCUT2D eigenvalue weighted by Gasteiger charge is -2.11. The topological polar surface area (TPSA) is 68.5 Å². The fourth-order valence-electron chi connectivity index (χ4n) is 3.34. The molecule has 3 aromatic rings. The number of rotatable bonds is 4. The van der Waals surface area contributed by atoms with Crippen LogP contribution in [0.3, 0.4) is 0 Å². The lowest BCUT2D eigenvalue weighted by atomic mass is 10.0. The van der Waals surface area contributed by atoms with E-state index < -0.39 is 0 Å². The average Bonchev–Trinajstić information content (AvgIpc) is 3.29. The highest BCUT2D eigenvalue weighted by atomic mass is 16.5. The Morgan fingerprint density at radius 1 is 1.27 bits per heavy atom. The highest BCUT2D eigenvalue weighted by molar-refractivity contribution is 5.94. The second-order valence-corrected chi connectivity index (χ2v) is 6.76. The number of aromatic nitrogens is 3. The minimum Gasteiger partial charge on any atom is -0.376 e. The standard InChI is InChI=1S/C20H22N4O2/c1-13-10-17(12-24-19(13)22-14(2)23-24)15-5-7-16(8-6-15)20(25)21-11-18-4-3-9-26-18/h5-8,10,12,18H,3-4,9,11H2,1-2H3,(H,21,25)/t18-/m0/s1. The summed E-state index contributed by atoms with van der Waals surface area (Å²) in [6, 6.07) is 9.73. The summed E-state index contributed by atoms with van der Waals surface area (Å²) in [6.07, 6.45) is 4.21. The van der Waals surface area contributed by atoms with Gasteiger partial charge in [0.2, 0.25) is 0 Å². The third kappa shape index (κ3) is 3.32. The number of hydrogen-bond acceptors (Lipinski definition) is 4. The molecule has 26 heavy (non-hydrogen) atoms. The lowest BCUT2D eigenvalue weighted by molar-refractivity contribution is 0.0858. The maximum absolute atomic E-state index is 12.3. The molecule has 1 saturated heterocycles. The van der Waals surface area contributed by atoms with Crippen molar-refractivity contribution in [1.82, 2.24) is 19.9 Å². The van der Waals surface area contributed by atoms with E-state index in [4.69, 9.17) is 4.74 Å². The molecule has 134 valence electrons. The highest BCUT2D eigenvalue weighted by Gasteiger charge is 2.16. The first-order valence-electron chi connectivity index (χ1n) is 8.94. The number of pyridine rings is 1. The number of carbonyl (C=O) groups excluding carboxylic acids is 1. The van der Waals surface area contributed by atoms with Gasteiger partial charge in [-0.15, -0.1) is 0 Å². The van der Waals surface area contributed by atoms with E-state index in [9.17, 15) is 4.79 Å². The van der Waals surface area contributed by atoms with Crippen LogP contribution in [0.5, 0.6) is 0 Å². The largest absolute Gasteiger partial charge is 0.376 e. The quantitative estimate of drug-likeness (QED) is 0.785. The number of hydrogen-bond donors (Lipinski definition) is 1. The van der Waals surface area contributed by atoms with Crippen LogP contribution in [0.4, 0.5) is 0 Å². The van der Waals surface area contributed by atoms with Gasteiger partial charge in [0.25, 0.3) is 5.91 Å². The van der Waals surface area contributed by atoms with Gasteiger partial charge in [0, 0.05) is 30.5 Å². The van der Waals surface area contributed by atoms with E-state index in [-0.39, 0.29) is 12.0 Å². The Morgan fingerprint density at radius 2 is 2.08 bits per heavy atom. The van der Waals surface area contributed by atoms with Crippen LogP contribution >= 0.6 is 0 Å². The van der Waals surface area contributed by atoms with Crippen LogP contribution in [0.2, 0.25) is 0 Å². The molecule has 1 aliphatic heterocycles. The van der Waals surface area contributed by atoms with E-state index >= 15 is 0 Å². The van der Waals surface area contributed by atoms with Crippen molar-refractivity contribution in [3.63, 3.8) is 0 Å². The van der Waals surface area contributed by atoms with Gasteiger partial charge in [0.15, 0.2) is 5.65 Å². The van der Waals surface area contributed by atoms with Gasteiger partial charge in [-0.3, -0.25) is 4.79 Å². The minimum atomic E-state index is -0.0643. The van der Waals surface area contributed by atoms with Crippen molar-refractivity contribution in [2.24, 2.45) is 0 Å². The third-order valence-corrected chi connectivity index (χ3v) is 4.72. The molecule has 0 bridgehead atoms. The summed E-state index contributed by atoms with van der Waals surface area (Å²) in [5.41, 5.74) is 4.68. The predicted octanol–water partition coefficient (Wildman–Crippen LogP) is 2.92. The van der Waals surface area contributed by atoms with Crippen LogP contribution in [0.25, 0.3) is 16.8 Å². The predicted molar refractivity (Wildman–Crippen MR) is 99.2 cm³/mol. The first-order chi connectivity index (χ1) is 12.6. The van der Waals surface area contributed by atoms with Crippen LogP contribution in [0.15, 0.2) is 36.5 Å². The fraction of sp³-hybridized carbons (Fsp3) is 0.350. The van der Waals surface area contributed by atoms with Crippen molar-refractivity contribution < 1.29 is 9.53 Å². The molecule has 1 aromatic carbocycles. The molecular formula is C20H22N4O2. The van der Waals surface area contributed by atoms with E-state index in [0.717, 1.165) is 47.6 Å². The Hall–Kier alpha value is -2.73. The summed E-state index contributed by atoms with van der Waals surface area (Å²) >= 11 is 0. The molecule has 1 N–H and O–H groups in total. The van der Waals surface area contributed by atoms with E-state index in [1.807, 2.05) is 48.8 Å². The van der Waals surface area contributed by atoms with E-state index in [1.165, 1.54) is 0 Å². The van der Waals surface area contributed by atoms with Crippen LogP contribution in [0, 0.1) is 13.8 Å². The maximum atomic E-state index is 12.3. The van der Waals surface area contributed by atoms with Crippen LogP contribution in [-0.4, -0.2) is 39.8 Å². The summed E-state index contributed by atoms with van der Waals surface area (Å²) in [4.78, 5) is 16.7. The number of amides is 1. The van der Waals surface area contributed by atoms with Crippen molar-refractivity contribution in [1.29, 1.82) is 0 Å². The zero-order valence-electron chi connectivity index (χ0n) is 15.0. The molecule has 6 heteroatoms. The van der Waals surface area contributed by atoms with Crippen molar-refractivity contribution in [2.45, 2.75) is 32.8 Å². The van der Waals surface area contributed by atoms with Crippen molar-refractivity contribution in [2.75, 3.05) is 13.2 Å². The Kier molecular flexibility index (Phi) is 4.42. The zero-order chi connectivity index (χ0) is 18.1. The van der Waals surface area contributed by atoms with Gasteiger partial charge in [0.05, 0.1) is 6.10 Å². The lowest BCUT2D eigenvalue weighted by Crippen LogP contribution is -2.31. The number of nitrogens with one attached hydrogen (secondary N) is 1. The number of ether oxygens (including phenoxy) is 1. The van der Waals surface area contributed by atoms with E-state index in [1.54, 1.807) is 0 Å². The fourth-order valence-corrected chi connectivity index (χ4v) is 3.34. The first kappa shape index (κ1) is 16.7. The molecule has 0 saturated carbocycles. The maximum Gasteiger partial charge on any atom is 0.251 e. The summed E-state index contributed by atoms with van der Waals surface area (Å²) in [6.45, 7) is 5.28. The van der Waals surface area contributed by atoms with Crippen molar-refractivity contribution in [3.05, 3.63) is 53.5 Å². The number of nitrogens with zero attached hydrogens (tertiary/aromatic N) is 3. The average molecular weight is 350 g/mol. The van der Waals surface area contributed by atoms with E-state index in [2.05, 4.69) is 21.5 Å². The molecule has 0 aliphatic carbocycles. The molecular weight excluding hydrogens is 328 g/mol. The zero-order valence-corrected chi connectivity index (χ0v) is 15.0. The molecule has 1 amide bonds. The van der Waals surface area contributed by atoms with Crippen LogP contribution < -0.4 is 5.32 Å². The monoisotopic (exact) mass is 350 g/mol. The molecule has 1 aliphatic rings. The molecule has 1 fully saturated rings. The van der Waals surface area contributed by atoms with Gasteiger partial charge >= 0.3 is 0 Å². The molecule has 2 aromatic heterocycles. The summed E-state index contributed by atoms with van der Waals surface area (Å²) in [5.74, 6) is 0.689. The molecule has 0 spiro atoms. The Morgan fingerprint density at radius 3 is 2.81 bits per heavy atom. The van der Waals surface area contributed by atoms with Gasteiger partial charge in [-0.25, -0.2) is 9.50 Å². The number of fused-ring (bicyclic) bond motifs is 1. The van der Waals surface area contributed by atoms with Crippen LogP contribution in [-0.2, 0) is 4.74 Å². The molecule has 6 nitrogen and oxygen atoms in total. The first-order valence-corrected chi connectivity index (χ1v) is 8.94. The highest BCUT2D eigenvalue weighted by Crippen LogP contribution is 2.23. The smallest absolute Gasteiger partial charge is 0.251 e. The normalized spacial score (nSPS) is 16.9. The van der Waals surface area contributed by atoms with Crippen molar-refractivity contribution >= 4 is 11.6 Å². The second-order valence-electron chi connectivity index (χ2n) is 6.76. The van der Waals surface area contributed by atoms with Crippen LogP contribution in [0.1, 0.15) is 34.6 Å². The van der Waals surface area contributed by atoms with Gasteiger partial charge in [0.1, 0.15) is 5.82 Å². The number of benzene rings is 1. The molecule has 3 heterocycles. The summed E-state index contributed by atoms with van der Waals surface area (Å²) in [7, 11) is 0. The van der Waals surface area contributed by atoms with Crippen molar-refractivity contribution in [3.8, 4) is 11.1 Å². The molecule has 0 unspecified atom stereocenters. The van der Waals surface area contributed by atoms with Gasteiger partial charge in [-0.1, -0.05) is 12.1 Å². The van der Waals surface area contributed by atoms with Gasteiger partial charge in [-0.2, -0.15) is 5.10 Å². The Labute approximate surface area is 152 Å². The van der Waals surface area contributed by atoms with Gasteiger partial charge in [-0.05, 0) is 56.0 Å². The molecule has 4 rings (SSSR count). The second kappa shape index (κ2) is 6.88. The van der Waals surface area contributed by atoms with E-state index in [0.29, 0.717) is 12.1 Å². The molecule has 0 radical (unpaired) electrons. The summed E-state index contributed by atoms with van der Waals surface area (Å²) < 4.78 is 7.34. The Bertz CT molecular complexity index is 940. The summed E-state index contributed by atoms with van der Waals surface area (Å²) in [5, 5.41) is 7.35. The Balaban J connectivity index is 1.51.